The smallest absolute Gasteiger partial charge is 0.351 e. The van der Waals surface area contributed by atoms with Crippen molar-refractivity contribution < 1.29 is 35.8 Å². The highest BCUT2D eigenvalue weighted by Gasteiger charge is 2.73. The van der Waals surface area contributed by atoms with Crippen LogP contribution in [0.1, 0.15) is 42.9 Å². The van der Waals surface area contributed by atoms with Crippen molar-refractivity contribution in [2.24, 2.45) is 0 Å². The molecule has 0 fully saturated rings. The van der Waals surface area contributed by atoms with Crippen LogP contribution in [-0.2, 0) is 21.7 Å². The van der Waals surface area contributed by atoms with E-state index in [2.05, 4.69) is 4.74 Å². The van der Waals surface area contributed by atoms with E-state index in [9.17, 15) is 26.3 Å². The van der Waals surface area contributed by atoms with Gasteiger partial charge in [-0.25, -0.2) is 0 Å². The summed E-state index contributed by atoms with van der Waals surface area (Å²) in [5.74, 6) is 0.00495. The zero-order chi connectivity index (χ0) is 21.7. The number of halogens is 6. The van der Waals surface area contributed by atoms with Crippen LogP contribution in [0, 0.1) is 0 Å². The number of rotatable bonds is 8. The van der Waals surface area contributed by atoms with Gasteiger partial charge in [0.05, 0.1) is 6.61 Å². The molecule has 0 aliphatic carbocycles. The van der Waals surface area contributed by atoms with Gasteiger partial charge in [-0.05, 0) is 23.5 Å². The Balaban J connectivity index is 2.30. The molecule has 0 saturated carbocycles. The third-order valence-corrected chi connectivity index (χ3v) is 4.77. The van der Waals surface area contributed by atoms with Crippen LogP contribution < -0.4 is 0 Å². The van der Waals surface area contributed by atoms with Crippen LogP contribution in [0.15, 0.2) is 54.6 Å². The Hall–Kier alpha value is -2.06. The molecule has 0 radical (unpaired) electrons. The Morgan fingerprint density at radius 2 is 1.38 bits per heavy atom. The van der Waals surface area contributed by atoms with Gasteiger partial charge in [-0.2, -0.15) is 26.3 Å². The highest BCUT2D eigenvalue weighted by molar-refractivity contribution is 5.32. The van der Waals surface area contributed by atoms with Gasteiger partial charge in [0.15, 0.2) is 0 Å². The number of alkyl halides is 6. The molecule has 0 heterocycles. The molecule has 0 saturated heterocycles. The summed E-state index contributed by atoms with van der Waals surface area (Å²) in [7, 11) is 0. The molecular weight excluding hydrogens is 398 g/mol. The highest BCUT2D eigenvalue weighted by atomic mass is 19.4. The van der Waals surface area contributed by atoms with Gasteiger partial charge in [0.1, 0.15) is 6.79 Å². The molecule has 0 amide bonds. The lowest BCUT2D eigenvalue weighted by molar-refractivity contribution is -0.402. The SMILES string of the molecule is CCC(C)c1ccc(C(OCOCc2ccccc2)(C(F)(F)F)C(F)(F)F)cc1. The molecule has 2 rings (SSSR count). The van der Waals surface area contributed by atoms with Crippen LogP contribution in [0.25, 0.3) is 0 Å². The Kier molecular flexibility index (Phi) is 7.35. The second-order valence-corrected chi connectivity index (χ2v) is 6.70. The van der Waals surface area contributed by atoms with Gasteiger partial charge >= 0.3 is 12.4 Å². The molecule has 1 atom stereocenters. The number of hydrogen-bond donors (Lipinski definition) is 0. The molecule has 2 nitrogen and oxygen atoms in total. The summed E-state index contributed by atoms with van der Waals surface area (Å²) < 4.78 is 91.8. The topological polar surface area (TPSA) is 18.5 Å². The van der Waals surface area contributed by atoms with Crippen molar-refractivity contribution in [3.63, 3.8) is 0 Å². The maximum absolute atomic E-state index is 13.7. The molecule has 8 heteroatoms. The molecule has 160 valence electrons. The van der Waals surface area contributed by atoms with Crippen molar-refractivity contribution >= 4 is 0 Å². The lowest BCUT2D eigenvalue weighted by Crippen LogP contribution is -2.56. The maximum Gasteiger partial charge on any atom is 0.430 e. The van der Waals surface area contributed by atoms with E-state index in [1.54, 1.807) is 30.3 Å². The van der Waals surface area contributed by atoms with Gasteiger partial charge in [0.25, 0.3) is 5.60 Å². The number of hydrogen-bond acceptors (Lipinski definition) is 2. The van der Waals surface area contributed by atoms with Crippen LogP contribution in [0.5, 0.6) is 0 Å². The molecular formula is C21H22F6O2. The van der Waals surface area contributed by atoms with Crippen molar-refractivity contribution in [3.05, 3.63) is 71.3 Å². The van der Waals surface area contributed by atoms with Crippen LogP contribution >= 0.6 is 0 Å². The minimum Gasteiger partial charge on any atom is -0.351 e. The van der Waals surface area contributed by atoms with E-state index >= 15 is 0 Å². The molecule has 2 aromatic carbocycles. The molecule has 1 unspecified atom stereocenters. The third-order valence-electron chi connectivity index (χ3n) is 4.77. The first kappa shape index (κ1) is 23.2. The van der Waals surface area contributed by atoms with Gasteiger partial charge < -0.3 is 9.47 Å². The largest absolute Gasteiger partial charge is 0.430 e. The summed E-state index contributed by atoms with van der Waals surface area (Å²) in [4.78, 5) is 0. The molecule has 0 bridgehead atoms. The Morgan fingerprint density at radius 3 is 1.86 bits per heavy atom. The van der Waals surface area contributed by atoms with Crippen LogP contribution in [0.3, 0.4) is 0 Å². The second-order valence-electron chi connectivity index (χ2n) is 6.70. The summed E-state index contributed by atoms with van der Waals surface area (Å²) >= 11 is 0. The van der Waals surface area contributed by atoms with E-state index in [0.717, 1.165) is 12.1 Å². The van der Waals surface area contributed by atoms with Gasteiger partial charge in [-0.3, -0.25) is 0 Å². The first-order valence-electron chi connectivity index (χ1n) is 9.02. The number of benzene rings is 2. The van der Waals surface area contributed by atoms with Crippen molar-refractivity contribution in [3.8, 4) is 0 Å². The van der Waals surface area contributed by atoms with Crippen LogP contribution in [-0.4, -0.2) is 19.1 Å². The van der Waals surface area contributed by atoms with Gasteiger partial charge in [-0.1, -0.05) is 68.4 Å². The normalized spacial score (nSPS) is 14.1. The average molecular weight is 420 g/mol. The predicted molar refractivity (Wildman–Crippen MR) is 96.1 cm³/mol. The van der Waals surface area contributed by atoms with Crippen LogP contribution in [0.4, 0.5) is 26.3 Å². The third kappa shape index (κ3) is 5.11. The van der Waals surface area contributed by atoms with Crippen molar-refractivity contribution in [2.75, 3.05) is 6.79 Å². The molecule has 0 aliphatic heterocycles. The van der Waals surface area contributed by atoms with Crippen LogP contribution in [0.2, 0.25) is 0 Å². The minimum absolute atomic E-state index is 0.00495. The lowest BCUT2D eigenvalue weighted by Gasteiger charge is -2.37. The predicted octanol–water partition coefficient (Wildman–Crippen LogP) is 6.71. The first-order valence-corrected chi connectivity index (χ1v) is 9.02. The molecule has 0 N–H and O–H groups in total. The molecule has 0 spiro atoms. The number of ether oxygens (including phenoxy) is 2. The summed E-state index contributed by atoms with van der Waals surface area (Å²) in [6, 6.07) is 12.5. The monoisotopic (exact) mass is 420 g/mol. The summed E-state index contributed by atoms with van der Waals surface area (Å²) in [6.07, 6.45) is -10.8. The summed E-state index contributed by atoms with van der Waals surface area (Å²) in [6.45, 7) is 2.35. The first-order chi connectivity index (χ1) is 13.5. The molecule has 0 aromatic heterocycles. The standard InChI is InChI=1S/C21H22F6O2/c1-3-15(2)17-9-11-18(12-10-17)19(20(22,23)24,21(25,26)27)29-14-28-13-16-7-5-4-6-8-16/h4-12,15H,3,13-14H2,1-2H3. The molecule has 0 aliphatic rings. The van der Waals surface area contributed by atoms with E-state index in [1.807, 2.05) is 13.8 Å². The average Bonchev–Trinajstić information content (AvgIpc) is 2.66. The fourth-order valence-electron chi connectivity index (χ4n) is 2.88. The quantitative estimate of drug-likeness (QED) is 0.268. The van der Waals surface area contributed by atoms with Gasteiger partial charge in [0.2, 0.25) is 0 Å². The van der Waals surface area contributed by atoms with E-state index in [4.69, 9.17) is 4.74 Å². The zero-order valence-electron chi connectivity index (χ0n) is 16.0. The van der Waals surface area contributed by atoms with E-state index in [1.165, 1.54) is 12.1 Å². The molecule has 29 heavy (non-hydrogen) atoms. The fraction of sp³-hybridized carbons (Fsp3) is 0.429. The van der Waals surface area contributed by atoms with Gasteiger partial charge in [-0.15, -0.1) is 0 Å². The van der Waals surface area contributed by atoms with Crippen molar-refractivity contribution in [1.29, 1.82) is 0 Å². The maximum atomic E-state index is 13.7. The van der Waals surface area contributed by atoms with Gasteiger partial charge in [0, 0.05) is 5.56 Å². The fourth-order valence-corrected chi connectivity index (χ4v) is 2.88. The second kappa shape index (κ2) is 9.17. The summed E-state index contributed by atoms with van der Waals surface area (Å²) in [5, 5.41) is 0. The zero-order valence-corrected chi connectivity index (χ0v) is 16.0. The Bertz CT molecular complexity index is 739. The Morgan fingerprint density at radius 1 is 0.828 bits per heavy atom. The summed E-state index contributed by atoms with van der Waals surface area (Å²) in [5.41, 5.74) is -4.27. The van der Waals surface area contributed by atoms with E-state index in [-0.39, 0.29) is 12.5 Å². The lowest BCUT2D eigenvalue weighted by atomic mass is 9.89. The van der Waals surface area contributed by atoms with E-state index < -0.39 is 30.3 Å². The van der Waals surface area contributed by atoms with Crippen molar-refractivity contribution in [2.45, 2.75) is 50.7 Å². The molecule has 2 aromatic rings. The van der Waals surface area contributed by atoms with Crippen molar-refractivity contribution in [1.82, 2.24) is 0 Å². The highest BCUT2D eigenvalue weighted by Crippen LogP contribution is 2.53. The van der Waals surface area contributed by atoms with E-state index in [0.29, 0.717) is 17.5 Å². The Labute approximate surface area is 165 Å². The minimum atomic E-state index is -5.74.